The van der Waals surface area contributed by atoms with E-state index < -0.39 is 11.7 Å². The fraction of sp³-hybridized carbons (Fsp3) is 0.368. The lowest BCUT2D eigenvalue weighted by atomic mass is 9.96. The van der Waals surface area contributed by atoms with Crippen LogP contribution in [0.2, 0.25) is 0 Å². The van der Waals surface area contributed by atoms with Crippen molar-refractivity contribution in [2.45, 2.75) is 39.4 Å². The summed E-state index contributed by atoms with van der Waals surface area (Å²) in [4.78, 5) is 22.4. The van der Waals surface area contributed by atoms with Gasteiger partial charge in [-0.05, 0) is 32.4 Å². The number of fused-ring (bicyclic) bond motifs is 2. The van der Waals surface area contributed by atoms with Crippen LogP contribution in [-0.4, -0.2) is 26.1 Å². The maximum atomic E-state index is 13.1. The van der Waals surface area contributed by atoms with Crippen LogP contribution in [0.5, 0.6) is 0 Å². The fourth-order valence-electron chi connectivity index (χ4n) is 3.64. The molecule has 1 aliphatic heterocycles. The van der Waals surface area contributed by atoms with Crippen molar-refractivity contribution in [2.24, 2.45) is 0 Å². The predicted molar refractivity (Wildman–Crippen MR) is 97.4 cm³/mol. The number of nitrogens with zero attached hydrogens (tertiary/aromatic N) is 5. The Bertz CT molecular complexity index is 1140. The summed E-state index contributed by atoms with van der Waals surface area (Å²) in [6, 6.07) is 2.12. The van der Waals surface area contributed by atoms with E-state index in [0.29, 0.717) is 35.7 Å². The molecule has 28 heavy (non-hydrogen) atoms. The fourth-order valence-corrected chi connectivity index (χ4v) is 3.64. The molecule has 3 aromatic heterocycles. The Morgan fingerprint density at radius 2 is 1.93 bits per heavy atom. The van der Waals surface area contributed by atoms with E-state index in [1.54, 1.807) is 0 Å². The van der Waals surface area contributed by atoms with Gasteiger partial charge in [0.1, 0.15) is 0 Å². The zero-order chi connectivity index (χ0) is 20.2. The Balaban J connectivity index is 1.85. The molecule has 0 radical (unpaired) electrons. The summed E-state index contributed by atoms with van der Waals surface area (Å²) < 4.78 is 40.6. The molecule has 0 amide bonds. The van der Waals surface area contributed by atoms with E-state index in [4.69, 9.17) is 0 Å². The predicted octanol–water partition coefficient (Wildman–Crippen LogP) is 3.24. The molecule has 0 saturated heterocycles. The number of hydrogen-bond acceptors (Lipinski definition) is 5. The van der Waals surface area contributed by atoms with Crippen LogP contribution in [0.4, 0.5) is 19.0 Å². The van der Waals surface area contributed by atoms with Crippen molar-refractivity contribution >= 4 is 11.5 Å². The maximum absolute atomic E-state index is 13.1. The summed E-state index contributed by atoms with van der Waals surface area (Å²) in [5.74, 6) is 0.565. The molecule has 0 saturated carbocycles. The van der Waals surface area contributed by atoms with Crippen LogP contribution in [0.3, 0.4) is 0 Å². The highest BCUT2D eigenvalue weighted by molar-refractivity contribution is 5.60. The van der Waals surface area contributed by atoms with Crippen LogP contribution >= 0.6 is 0 Å². The van der Waals surface area contributed by atoms with E-state index in [1.807, 2.05) is 25.7 Å². The van der Waals surface area contributed by atoms with Gasteiger partial charge < -0.3 is 4.90 Å². The Morgan fingerprint density at radius 3 is 2.64 bits per heavy atom. The first-order valence-electron chi connectivity index (χ1n) is 8.86. The van der Waals surface area contributed by atoms with E-state index in [2.05, 4.69) is 15.1 Å². The highest BCUT2D eigenvalue weighted by Crippen LogP contribution is 2.37. The third-order valence-electron chi connectivity index (χ3n) is 5.36. The number of pyridine rings is 1. The number of alkyl halides is 3. The normalized spacial score (nSPS) is 17.1. The summed E-state index contributed by atoms with van der Waals surface area (Å²) in [5, 5.41) is 4.48. The first-order chi connectivity index (χ1) is 13.2. The Hall–Kier alpha value is -2.97. The molecule has 9 heteroatoms. The van der Waals surface area contributed by atoms with Gasteiger partial charge in [-0.1, -0.05) is 0 Å². The molecule has 0 aromatic carbocycles. The van der Waals surface area contributed by atoms with Gasteiger partial charge in [-0.2, -0.15) is 17.7 Å². The van der Waals surface area contributed by atoms with Crippen molar-refractivity contribution in [3.8, 4) is 0 Å². The zero-order valence-electron chi connectivity index (χ0n) is 15.6. The zero-order valence-corrected chi connectivity index (χ0v) is 15.6. The quantitative estimate of drug-likeness (QED) is 0.639. The molecule has 0 aliphatic carbocycles. The molecular formula is C19H18F3N5O. The van der Waals surface area contributed by atoms with Gasteiger partial charge in [0.25, 0.3) is 5.56 Å². The van der Waals surface area contributed by atoms with Crippen molar-refractivity contribution in [2.75, 3.05) is 11.4 Å². The van der Waals surface area contributed by atoms with Gasteiger partial charge in [0.15, 0.2) is 11.5 Å². The highest BCUT2D eigenvalue weighted by Gasteiger charge is 2.34. The molecule has 6 nitrogen and oxygen atoms in total. The topological polar surface area (TPSA) is 63.4 Å². The van der Waals surface area contributed by atoms with Crippen molar-refractivity contribution in [1.29, 1.82) is 0 Å². The molecule has 0 bridgehead atoms. The third-order valence-corrected chi connectivity index (χ3v) is 5.36. The van der Waals surface area contributed by atoms with Gasteiger partial charge in [0.2, 0.25) is 0 Å². The van der Waals surface area contributed by atoms with Crippen molar-refractivity contribution in [1.82, 2.24) is 19.6 Å². The van der Waals surface area contributed by atoms with E-state index in [-0.39, 0.29) is 11.6 Å². The highest BCUT2D eigenvalue weighted by atomic mass is 19.4. The van der Waals surface area contributed by atoms with Crippen molar-refractivity contribution in [3.63, 3.8) is 0 Å². The van der Waals surface area contributed by atoms with E-state index >= 15 is 0 Å². The lowest BCUT2D eigenvalue weighted by Gasteiger charge is -2.36. The van der Waals surface area contributed by atoms with E-state index in [9.17, 15) is 18.0 Å². The van der Waals surface area contributed by atoms with Gasteiger partial charge in [0, 0.05) is 48.2 Å². The van der Waals surface area contributed by atoms with Gasteiger partial charge in [0.05, 0.1) is 11.6 Å². The minimum absolute atomic E-state index is 0.305. The summed E-state index contributed by atoms with van der Waals surface area (Å²) >= 11 is 0. The molecule has 3 aromatic rings. The average molecular weight is 389 g/mol. The molecule has 4 heterocycles. The van der Waals surface area contributed by atoms with Crippen LogP contribution < -0.4 is 10.5 Å². The first-order valence-corrected chi connectivity index (χ1v) is 8.86. The molecule has 4 rings (SSSR count). The second kappa shape index (κ2) is 6.29. The lowest BCUT2D eigenvalue weighted by molar-refractivity contribution is -0.137. The standard InChI is InChI=1S/C19H18F3N5O/c1-10-11(2)18(25-27-16(28)4-6-23-17(10)27)26-7-5-15-14(12(26)3)8-13(9-24-15)19(20,21)22/h4,6,8-9,12H,5,7H2,1-3H3. The van der Waals surface area contributed by atoms with Crippen LogP contribution in [-0.2, 0) is 12.6 Å². The van der Waals surface area contributed by atoms with Gasteiger partial charge >= 0.3 is 6.18 Å². The Labute approximate surface area is 158 Å². The van der Waals surface area contributed by atoms with Crippen LogP contribution in [0.25, 0.3) is 5.65 Å². The van der Waals surface area contributed by atoms with Crippen LogP contribution in [0.1, 0.15) is 40.9 Å². The molecule has 146 valence electrons. The van der Waals surface area contributed by atoms with Gasteiger partial charge in [-0.3, -0.25) is 9.78 Å². The largest absolute Gasteiger partial charge is 0.417 e. The number of rotatable bonds is 1. The minimum atomic E-state index is -4.45. The first kappa shape index (κ1) is 18.4. The molecular weight excluding hydrogens is 371 g/mol. The number of hydrogen-bond donors (Lipinski definition) is 0. The van der Waals surface area contributed by atoms with Crippen molar-refractivity contribution < 1.29 is 13.2 Å². The molecule has 1 atom stereocenters. The molecule has 0 spiro atoms. The summed E-state index contributed by atoms with van der Waals surface area (Å²) in [5.41, 5.74) is 2.24. The number of anilines is 1. The number of aromatic nitrogens is 4. The number of aryl methyl sites for hydroxylation is 1. The SMILES string of the molecule is Cc1c(N2CCc3ncc(C(F)(F)F)cc3C2C)nn2c(=O)ccnc2c1C. The molecule has 1 aliphatic rings. The minimum Gasteiger partial charge on any atom is -0.348 e. The third kappa shape index (κ3) is 2.81. The smallest absolute Gasteiger partial charge is 0.348 e. The van der Waals surface area contributed by atoms with Crippen LogP contribution in [0, 0.1) is 13.8 Å². The van der Waals surface area contributed by atoms with Crippen molar-refractivity contribution in [3.05, 3.63) is 62.8 Å². The van der Waals surface area contributed by atoms with Gasteiger partial charge in [-0.15, -0.1) is 5.10 Å². The second-order valence-corrected chi connectivity index (χ2v) is 6.97. The monoisotopic (exact) mass is 389 g/mol. The van der Waals surface area contributed by atoms with Gasteiger partial charge in [-0.25, -0.2) is 4.98 Å². The number of halogens is 3. The molecule has 0 N–H and O–H groups in total. The Kier molecular flexibility index (Phi) is 4.13. The second-order valence-electron chi connectivity index (χ2n) is 6.97. The summed E-state index contributed by atoms with van der Waals surface area (Å²) in [6.45, 7) is 6.10. The van der Waals surface area contributed by atoms with E-state index in [0.717, 1.165) is 23.4 Å². The molecule has 1 unspecified atom stereocenters. The van der Waals surface area contributed by atoms with Crippen LogP contribution in [0.15, 0.2) is 29.3 Å². The van der Waals surface area contributed by atoms with E-state index in [1.165, 1.54) is 16.8 Å². The summed E-state index contributed by atoms with van der Waals surface area (Å²) in [6.07, 6.45) is -1.62. The lowest BCUT2D eigenvalue weighted by Crippen LogP contribution is -2.37. The maximum Gasteiger partial charge on any atom is 0.417 e. The molecule has 0 fully saturated rings. The Morgan fingerprint density at radius 1 is 1.18 bits per heavy atom. The summed E-state index contributed by atoms with van der Waals surface area (Å²) in [7, 11) is 0. The average Bonchev–Trinajstić information content (AvgIpc) is 2.65.